The fourth-order valence-corrected chi connectivity index (χ4v) is 15.2. The molecule has 2 N–H and O–H groups in total. The number of rotatable bonds is 12. The van der Waals surface area contributed by atoms with Gasteiger partial charge < -0.3 is 29.7 Å². The molecule has 0 saturated carbocycles. The first kappa shape index (κ1) is 64.6. The monoisotopic (exact) mass is 1310 g/mol. The third kappa shape index (κ3) is 16.4. The number of anilines is 3. The zero-order valence-electron chi connectivity index (χ0n) is 44.8. The van der Waals surface area contributed by atoms with E-state index < -0.39 is 83.4 Å². The van der Waals surface area contributed by atoms with Crippen molar-refractivity contribution < 1.29 is 79.5 Å². The number of ketones is 1. The Morgan fingerprint density at radius 3 is 1.32 bits per heavy atom. The summed E-state index contributed by atoms with van der Waals surface area (Å²) in [5, 5.41) is 12.7. The molecular weight excluding hydrogens is 1250 g/mol. The van der Waals surface area contributed by atoms with Gasteiger partial charge in [0.2, 0.25) is 0 Å². The van der Waals surface area contributed by atoms with Gasteiger partial charge in [-0.1, -0.05) is 52.3 Å². The molecule has 0 radical (unpaired) electrons. The summed E-state index contributed by atoms with van der Waals surface area (Å²) in [6.45, 7) is 0.763. The maximum absolute atomic E-state index is 12.4. The lowest BCUT2D eigenvalue weighted by atomic mass is 10.1. The normalized spacial score (nSPS) is 15.5. The van der Waals surface area contributed by atoms with E-state index in [1.807, 2.05) is 11.0 Å². The minimum Gasteiger partial charge on any atom is -0.465 e. The summed E-state index contributed by atoms with van der Waals surface area (Å²) in [6, 6.07) is 32.8. The summed E-state index contributed by atoms with van der Waals surface area (Å²) in [5.41, 5.74) is 4.48. The first-order valence-electron chi connectivity index (χ1n) is 24.4. The van der Waals surface area contributed by atoms with Crippen molar-refractivity contribution in [1.82, 2.24) is 0 Å². The number of Topliss-reactive ketones (excluding diaryl/α,β-unsaturated/α-hetero) is 1. The Hall–Kier alpha value is -6.53. The minimum atomic E-state index is -3.46. The number of alkyl halides is 1. The van der Waals surface area contributed by atoms with Crippen molar-refractivity contribution in [3.63, 3.8) is 0 Å². The van der Waals surface area contributed by atoms with Crippen LogP contribution in [0.4, 0.5) is 17.1 Å². The van der Waals surface area contributed by atoms with Crippen molar-refractivity contribution in [3.05, 3.63) is 161 Å². The second kappa shape index (κ2) is 26.4. The van der Waals surface area contributed by atoms with Crippen LogP contribution in [-0.4, -0.2) is 150 Å². The number of hydrogen-bond acceptors (Lipinski definition) is 21. The zero-order chi connectivity index (χ0) is 60.6. The number of ether oxygens (including phenoxy) is 2. The van der Waals surface area contributed by atoms with Crippen LogP contribution in [0.1, 0.15) is 47.8 Å². The second-order valence-corrected chi connectivity index (χ2v) is 31.6. The molecule has 0 amide bonds. The van der Waals surface area contributed by atoms with Crippen LogP contribution in [0.2, 0.25) is 0 Å². The Kier molecular flexibility index (Phi) is 20.8. The van der Waals surface area contributed by atoms with Gasteiger partial charge in [0.1, 0.15) is 6.61 Å². The highest BCUT2D eigenvalue weighted by Gasteiger charge is 2.31. The lowest BCUT2D eigenvalue weighted by Gasteiger charge is -2.31. The molecule has 0 unspecified atom stereocenters. The zero-order valence-corrected chi connectivity index (χ0v) is 51.3. The minimum absolute atomic E-state index is 0.0522. The van der Waals surface area contributed by atoms with Gasteiger partial charge in [0.25, 0.3) is 0 Å². The predicted octanol–water partition coefficient (Wildman–Crippen LogP) is 5.39. The van der Waals surface area contributed by atoms with Gasteiger partial charge in [-0.25, -0.2) is 60.1 Å². The predicted molar refractivity (Wildman–Crippen MR) is 311 cm³/mol. The number of fused-ring (bicyclic) bond motifs is 3. The first-order chi connectivity index (χ1) is 38.3. The van der Waals surface area contributed by atoms with Crippen molar-refractivity contribution >= 4 is 110 Å². The molecule has 6 aromatic carbocycles. The van der Waals surface area contributed by atoms with Gasteiger partial charge in [-0.3, -0.25) is 4.79 Å². The molecule has 440 valence electrons. The Morgan fingerprint density at radius 2 is 0.902 bits per heavy atom. The molecule has 82 heavy (non-hydrogen) atoms. The third-order valence-corrected chi connectivity index (χ3v) is 21.9. The van der Waals surface area contributed by atoms with Crippen LogP contribution < -0.4 is 15.1 Å². The molecule has 21 nitrogen and oxygen atoms in total. The highest BCUT2D eigenvalue weighted by Crippen LogP contribution is 2.35. The molecule has 9 rings (SSSR count). The number of benzene rings is 6. The van der Waals surface area contributed by atoms with Gasteiger partial charge in [-0.2, -0.15) is 0 Å². The number of sulfone groups is 6. The van der Waals surface area contributed by atoms with E-state index >= 15 is 0 Å². The van der Waals surface area contributed by atoms with Gasteiger partial charge in [0, 0.05) is 62.4 Å². The first-order valence-corrected chi connectivity index (χ1v) is 36.1. The number of nitrogens with one attached hydrogen (secondary N) is 1. The Morgan fingerprint density at radius 1 is 0.524 bits per heavy atom. The molecular formula is C54H58BrN3O18S6. The molecule has 0 fully saturated rings. The van der Waals surface area contributed by atoms with E-state index in [0.717, 1.165) is 23.6 Å². The summed E-state index contributed by atoms with van der Waals surface area (Å²) in [4.78, 5) is 39.8. The summed E-state index contributed by atoms with van der Waals surface area (Å²) in [6.07, 6.45) is 3.47. The smallest absolute Gasteiger partial charge is 0.337 e. The van der Waals surface area contributed by atoms with E-state index in [1.54, 1.807) is 59.5 Å². The summed E-state index contributed by atoms with van der Waals surface area (Å²) < 4.78 is 151. The molecule has 3 aliphatic rings. The van der Waals surface area contributed by atoms with E-state index in [9.17, 15) is 64.9 Å². The average molecular weight is 1310 g/mol. The number of halogens is 1. The van der Waals surface area contributed by atoms with Crippen LogP contribution in [0.5, 0.6) is 0 Å². The van der Waals surface area contributed by atoms with Crippen LogP contribution >= 0.6 is 15.9 Å². The van der Waals surface area contributed by atoms with E-state index in [1.165, 1.54) is 87.2 Å². The van der Waals surface area contributed by atoms with Gasteiger partial charge in [0.05, 0.1) is 89.0 Å². The van der Waals surface area contributed by atoms with E-state index in [0.29, 0.717) is 58.0 Å². The molecule has 3 heterocycles. The third-order valence-electron chi connectivity index (χ3n) is 12.7. The van der Waals surface area contributed by atoms with Gasteiger partial charge in [-0.15, -0.1) is 0 Å². The topological polar surface area (TPSA) is 313 Å². The molecule has 0 saturated heterocycles. The van der Waals surface area contributed by atoms with Crippen LogP contribution in [-0.2, 0) is 86.9 Å². The number of aliphatic hydroxyl groups excluding tert-OH is 1. The number of esters is 2. The fraction of sp³-hybridized carbons (Fsp3) is 0.278. The van der Waals surface area contributed by atoms with Gasteiger partial charge in [0.15, 0.2) is 64.8 Å². The number of carbonyl (C=O) groups is 3. The molecule has 0 spiro atoms. The number of nitrogens with zero attached hydrogens (tertiary/aromatic N) is 2. The van der Waals surface area contributed by atoms with Crippen LogP contribution in [0.15, 0.2) is 157 Å². The SMILES string of the molecule is COC(=O)c1ccc2c(c1)N(Cc1cccc(S(C)(=O)=O)c1)CCS2(=O)=O.COC(=O)c1ccc2c(c1)NCCS2(=O)=O.CS(=O)(=O)c1cccc(CBr)c1.CS(=O)(=O)c1cccc(CN2CCS(=O)(=O)c3ccc(C(=O)CO)cc32)c1. The van der Waals surface area contributed by atoms with E-state index in [2.05, 4.69) is 26.0 Å². The van der Waals surface area contributed by atoms with E-state index in [-0.39, 0.29) is 66.0 Å². The van der Waals surface area contributed by atoms with Crippen LogP contribution in [0, 0.1) is 0 Å². The molecule has 0 aromatic heterocycles. The molecule has 3 aliphatic heterocycles. The largest absolute Gasteiger partial charge is 0.465 e. The molecule has 28 heteroatoms. The number of hydrogen-bond donors (Lipinski definition) is 2. The van der Waals surface area contributed by atoms with E-state index in [4.69, 9.17) is 9.84 Å². The molecule has 6 aromatic rings. The number of methoxy groups -OCH3 is 2. The molecule has 0 aliphatic carbocycles. The highest BCUT2D eigenvalue weighted by molar-refractivity contribution is 9.08. The van der Waals surface area contributed by atoms with Crippen molar-refractivity contribution in [1.29, 1.82) is 0 Å². The number of carbonyl (C=O) groups excluding carboxylic acids is 3. The van der Waals surface area contributed by atoms with Crippen molar-refractivity contribution in [2.24, 2.45) is 0 Å². The highest BCUT2D eigenvalue weighted by atomic mass is 79.9. The van der Waals surface area contributed by atoms with Crippen molar-refractivity contribution in [2.75, 3.05) is 91.6 Å². The fourth-order valence-electron chi connectivity index (χ4n) is 8.48. The van der Waals surface area contributed by atoms with Crippen molar-refractivity contribution in [3.8, 4) is 0 Å². The number of aliphatic hydroxyl groups is 1. The van der Waals surface area contributed by atoms with Gasteiger partial charge in [-0.05, 0) is 108 Å². The van der Waals surface area contributed by atoms with Crippen LogP contribution in [0.3, 0.4) is 0 Å². The lowest BCUT2D eigenvalue weighted by Crippen LogP contribution is -2.35. The Balaban J connectivity index is 0.000000184. The maximum atomic E-state index is 12.4. The molecule has 0 bridgehead atoms. The summed E-state index contributed by atoms with van der Waals surface area (Å²) in [5.74, 6) is -1.58. The Bertz CT molecular complexity index is 3960. The summed E-state index contributed by atoms with van der Waals surface area (Å²) in [7, 11) is -17.3. The maximum Gasteiger partial charge on any atom is 0.337 e. The van der Waals surface area contributed by atoms with Gasteiger partial charge >= 0.3 is 11.9 Å². The lowest BCUT2D eigenvalue weighted by molar-refractivity contribution is 0.0592. The second-order valence-electron chi connectivity index (χ2n) is 18.8. The average Bonchev–Trinajstić information content (AvgIpc) is 2.80. The van der Waals surface area contributed by atoms with Crippen molar-refractivity contribution in [2.45, 2.75) is 47.8 Å². The van der Waals surface area contributed by atoms with Crippen LogP contribution in [0.25, 0.3) is 0 Å². The summed E-state index contributed by atoms with van der Waals surface area (Å²) >= 11 is 3.26. The Labute approximate surface area is 485 Å². The standard InChI is InChI=1S/2C18H19NO6S2.C10H11NO4S.C8H9BrO2S/c1-25-18(20)14-6-7-17-16(11-14)19(8-9-27(17,23)24)12-13-4-3-5-15(10-13)26(2,21)22;1-26(22,23)15-4-2-3-13(9-15)11-19-7-8-27(24,25)18-6-5-14(10-16(18)19)17(21)12-20;1-15-10(12)7-2-3-9-8(6-7)11-4-5-16(9,13)14;1-12(10,11)8-4-2-3-7(5-8)6-9/h3-7,10-11H,8-9,12H2,1-2H3;2-6,9-10,20H,7-8,11-12H2,1H3;2-3,6,11H,4-5H2,1H3;2-5H,6H2,1H3. The quantitative estimate of drug-likeness (QED) is 0.0881. The molecule has 0 atom stereocenters.